The molecule has 0 bridgehead atoms. The van der Waals surface area contributed by atoms with Gasteiger partial charge in [-0.15, -0.1) is 0 Å². The Morgan fingerprint density at radius 2 is 1.95 bits per heavy atom. The molecule has 2 aliphatic rings. The predicted molar refractivity (Wildman–Crippen MR) is 78.9 cm³/mol. The molecule has 1 aliphatic heterocycles. The Kier molecular flexibility index (Phi) is 3.96. The molecular weight excluding hydrogens is 282 g/mol. The Balaban J connectivity index is 1.78. The van der Waals surface area contributed by atoms with Gasteiger partial charge in [0.2, 0.25) is 5.91 Å². The highest BCUT2D eigenvalue weighted by Crippen LogP contribution is 2.35. The number of carbonyl (C=O) groups is 3. The number of carbonyl (C=O) groups excluding carboxylic acids is 3. The summed E-state index contributed by atoms with van der Waals surface area (Å²) in [5, 5.41) is 0. The van der Waals surface area contributed by atoms with Gasteiger partial charge < -0.3 is 4.74 Å². The highest BCUT2D eigenvalue weighted by Gasteiger charge is 2.45. The molecule has 1 heterocycles. The fraction of sp³-hybridized carbons (Fsp3) is 0.471. The number of ether oxygens (including phenoxy) is 1. The van der Waals surface area contributed by atoms with Crippen molar-refractivity contribution in [3.05, 3.63) is 35.9 Å². The van der Waals surface area contributed by atoms with Crippen LogP contribution in [0.5, 0.6) is 0 Å². The van der Waals surface area contributed by atoms with Gasteiger partial charge in [-0.3, -0.25) is 9.59 Å². The molecule has 3 atom stereocenters. The van der Waals surface area contributed by atoms with Crippen molar-refractivity contribution in [3.8, 4) is 0 Å². The van der Waals surface area contributed by atoms with Gasteiger partial charge in [0, 0.05) is 18.8 Å². The maximum Gasteiger partial charge on any atom is 0.417 e. The van der Waals surface area contributed by atoms with Crippen molar-refractivity contribution in [2.45, 2.75) is 44.8 Å². The zero-order chi connectivity index (χ0) is 15.7. The monoisotopic (exact) mass is 301 g/mol. The van der Waals surface area contributed by atoms with Crippen LogP contribution in [0, 0.1) is 5.92 Å². The average molecular weight is 301 g/mol. The summed E-state index contributed by atoms with van der Waals surface area (Å²) < 4.78 is 5.39. The number of imide groups is 1. The zero-order valence-corrected chi connectivity index (χ0v) is 12.5. The second-order valence-corrected chi connectivity index (χ2v) is 6.00. The molecule has 0 unspecified atom stereocenters. The summed E-state index contributed by atoms with van der Waals surface area (Å²) in [7, 11) is 0. The van der Waals surface area contributed by atoms with Crippen LogP contribution in [0.1, 0.15) is 44.3 Å². The Morgan fingerprint density at radius 1 is 1.23 bits per heavy atom. The molecule has 0 N–H and O–H groups in total. The van der Waals surface area contributed by atoms with E-state index in [0.717, 1.165) is 5.56 Å². The van der Waals surface area contributed by atoms with Crippen molar-refractivity contribution in [3.63, 3.8) is 0 Å². The second kappa shape index (κ2) is 5.91. The minimum Gasteiger partial charge on any atom is -0.439 e. The second-order valence-electron chi connectivity index (χ2n) is 6.00. The first-order chi connectivity index (χ1) is 10.6. The Labute approximate surface area is 129 Å². The summed E-state index contributed by atoms with van der Waals surface area (Å²) in [6.07, 6.45) is 1.11. The van der Waals surface area contributed by atoms with E-state index in [9.17, 15) is 14.4 Å². The Morgan fingerprint density at radius 3 is 2.64 bits per heavy atom. The van der Waals surface area contributed by atoms with E-state index in [4.69, 9.17) is 4.74 Å². The topological polar surface area (TPSA) is 63.7 Å². The standard InChI is InChI=1S/C17H19NO4/c1-11-15(12-6-3-2-4-7-12)22-17(21)18(11)16(20)13-8-5-9-14(19)10-13/h2-4,6-7,11,13,15H,5,8-10H2,1H3/t11-,13+,15-/m1/s1. The van der Waals surface area contributed by atoms with Crippen molar-refractivity contribution in [1.82, 2.24) is 4.90 Å². The zero-order valence-electron chi connectivity index (χ0n) is 12.5. The SMILES string of the molecule is C[C@@H]1[C@H](c2ccccc2)OC(=O)N1C(=O)[C@H]1CCCC(=O)C1. The van der Waals surface area contributed by atoms with Crippen LogP contribution in [-0.4, -0.2) is 28.7 Å². The first kappa shape index (κ1) is 14.8. The van der Waals surface area contributed by atoms with Gasteiger partial charge in [-0.2, -0.15) is 0 Å². The minimum atomic E-state index is -0.607. The summed E-state index contributed by atoms with van der Waals surface area (Å²) in [5.74, 6) is -0.556. The molecule has 0 spiro atoms. The van der Waals surface area contributed by atoms with Crippen LogP contribution in [0.4, 0.5) is 4.79 Å². The number of ketones is 1. The normalized spacial score (nSPS) is 28.6. The third-order valence-electron chi connectivity index (χ3n) is 4.47. The van der Waals surface area contributed by atoms with Crippen LogP contribution >= 0.6 is 0 Å². The average Bonchev–Trinajstić information content (AvgIpc) is 2.82. The molecule has 3 rings (SSSR count). The van der Waals surface area contributed by atoms with Crippen molar-refractivity contribution in [2.24, 2.45) is 5.92 Å². The van der Waals surface area contributed by atoms with Crippen LogP contribution in [0.3, 0.4) is 0 Å². The van der Waals surface area contributed by atoms with E-state index < -0.39 is 12.2 Å². The van der Waals surface area contributed by atoms with Crippen LogP contribution in [0.2, 0.25) is 0 Å². The van der Waals surface area contributed by atoms with Crippen molar-refractivity contribution in [2.75, 3.05) is 0 Å². The molecule has 1 aromatic carbocycles. The molecule has 2 amide bonds. The van der Waals surface area contributed by atoms with E-state index in [-0.39, 0.29) is 30.1 Å². The molecule has 1 aromatic rings. The number of nitrogens with zero attached hydrogens (tertiary/aromatic N) is 1. The van der Waals surface area contributed by atoms with Crippen LogP contribution in [0.15, 0.2) is 30.3 Å². The smallest absolute Gasteiger partial charge is 0.417 e. The Bertz CT molecular complexity index is 598. The molecule has 22 heavy (non-hydrogen) atoms. The van der Waals surface area contributed by atoms with Crippen molar-refractivity contribution in [1.29, 1.82) is 0 Å². The molecule has 0 radical (unpaired) electrons. The predicted octanol–water partition coefficient (Wildman–Crippen LogP) is 2.85. The molecule has 5 heteroatoms. The van der Waals surface area contributed by atoms with Gasteiger partial charge in [-0.25, -0.2) is 9.69 Å². The lowest BCUT2D eigenvalue weighted by atomic mass is 9.87. The molecule has 2 fully saturated rings. The largest absolute Gasteiger partial charge is 0.439 e. The van der Waals surface area contributed by atoms with Crippen LogP contribution < -0.4 is 0 Å². The molecule has 1 saturated carbocycles. The third kappa shape index (κ3) is 2.63. The van der Waals surface area contributed by atoms with Gasteiger partial charge in [-0.1, -0.05) is 30.3 Å². The number of hydrogen-bond acceptors (Lipinski definition) is 4. The van der Waals surface area contributed by atoms with Crippen molar-refractivity contribution < 1.29 is 19.1 Å². The number of Topliss-reactive ketones (excluding diaryl/α,β-unsaturated/α-hetero) is 1. The van der Waals surface area contributed by atoms with E-state index in [0.29, 0.717) is 19.3 Å². The quantitative estimate of drug-likeness (QED) is 0.842. The lowest BCUT2D eigenvalue weighted by molar-refractivity contribution is -0.137. The van der Waals surface area contributed by atoms with Gasteiger partial charge in [0.1, 0.15) is 11.9 Å². The number of hydrogen-bond donors (Lipinski definition) is 0. The maximum absolute atomic E-state index is 12.6. The number of cyclic esters (lactones) is 1. The number of rotatable bonds is 2. The highest BCUT2D eigenvalue weighted by molar-refractivity contribution is 5.97. The van der Waals surface area contributed by atoms with Crippen LogP contribution in [-0.2, 0) is 14.3 Å². The summed E-state index contributed by atoms with van der Waals surface area (Å²) in [4.78, 5) is 37.5. The summed E-state index contributed by atoms with van der Waals surface area (Å²) >= 11 is 0. The first-order valence-electron chi connectivity index (χ1n) is 7.68. The summed E-state index contributed by atoms with van der Waals surface area (Å²) in [6.45, 7) is 1.81. The van der Waals surface area contributed by atoms with Crippen molar-refractivity contribution >= 4 is 17.8 Å². The fourth-order valence-electron chi connectivity index (χ4n) is 3.28. The maximum atomic E-state index is 12.6. The highest BCUT2D eigenvalue weighted by atomic mass is 16.6. The summed E-state index contributed by atoms with van der Waals surface area (Å²) in [6, 6.07) is 9.04. The lowest BCUT2D eigenvalue weighted by Gasteiger charge is -2.26. The van der Waals surface area contributed by atoms with E-state index >= 15 is 0 Å². The van der Waals surface area contributed by atoms with E-state index in [1.54, 1.807) is 0 Å². The lowest BCUT2D eigenvalue weighted by Crippen LogP contribution is -2.43. The molecule has 1 saturated heterocycles. The number of benzene rings is 1. The van der Waals surface area contributed by atoms with Gasteiger partial charge in [0.25, 0.3) is 0 Å². The first-order valence-corrected chi connectivity index (χ1v) is 7.68. The van der Waals surface area contributed by atoms with Gasteiger partial charge in [-0.05, 0) is 25.3 Å². The third-order valence-corrected chi connectivity index (χ3v) is 4.47. The van der Waals surface area contributed by atoms with E-state index in [2.05, 4.69) is 0 Å². The van der Waals surface area contributed by atoms with Gasteiger partial charge in [0.05, 0.1) is 6.04 Å². The van der Waals surface area contributed by atoms with Gasteiger partial charge >= 0.3 is 6.09 Å². The molecule has 5 nitrogen and oxygen atoms in total. The molecule has 0 aromatic heterocycles. The molecule has 116 valence electrons. The molecular formula is C17H19NO4. The molecule has 1 aliphatic carbocycles. The number of amides is 2. The summed E-state index contributed by atoms with van der Waals surface area (Å²) in [5.41, 5.74) is 0.873. The van der Waals surface area contributed by atoms with Crippen LogP contribution in [0.25, 0.3) is 0 Å². The van der Waals surface area contributed by atoms with Gasteiger partial charge in [0.15, 0.2) is 0 Å². The van der Waals surface area contributed by atoms with E-state index in [1.165, 1.54) is 4.90 Å². The van der Waals surface area contributed by atoms with E-state index in [1.807, 2.05) is 37.3 Å². The fourth-order valence-corrected chi connectivity index (χ4v) is 3.28. The Hall–Kier alpha value is -2.17. The minimum absolute atomic E-state index is 0.101.